The summed E-state index contributed by atoms with van der Waals surface area (Å²) in [5.74, 6) is 0. The monoisotopic (exact) mass is 304 g/mol. The maximum absolute atomic E-state index is 7.62. The van der Waals surface area contributed by atoms with Crippen molar-refractivity contribution >= 4 is 0 Å². The van der Waals surface area contributed by atoms with Crippen molar-refractivity contribution in [2.45, 2.75) is 0 Å². The first-order valence-corrected chi connectivity index (χ1v) is 5.45. The van der Waals surface area contributed by atoms with Gasteiger partial charge in [-0.15, -0.1) is 92.1 Å². The lowest BCUT2D eigenvalue weighted by Gasteiger charge is -1.70. The summed E-state index contributed by atoms with van der Waals surface area (Å²) in [6, 6.07) is 0. The molecule has 21 heavy (non-hydrogen) atoms. The second kappa shape index (κ2) is 4680. The van der Waals surface area contributed by atoms with Crippen molar-refractivity contribution in [3.8, 4) is 0 Å². The Kier molecular flexibility index (Phi) is 13700. The average Bonchev–Trinajstić information content (AvgIpc) is 2.67. The van der Waals surface area contributed by atoms with Crippen LogP contribution in [-0.4, -0.2) is 37.6 Å². The molecule has 0 atom stereocenters. The Morgan fingerprint density at radius 2 is 0.524 bits per heavy atom. The first kappa shape index (κ1) is 61.4. The van der Waals surface area contributed by atoms with Gasteiger partial charge in [0.1, 0.15) is 0 Å². The van der Waals surface area contributed by atoms with Gasteiger partial charge in [0.2, 0.25) is 0 Å². The van der Waals surface area contributed by atoms with E-state index in [0.29, 0.717) is 0 Å². The van der Waals surface area contributed by atoms with E-state index in [0.717, 1.165) is 0 Å². The summed E-state index contributed by atoms with van der Waals surface area (Å²) in [5.41, 5.74) is 0. The smallest absolute Gasteiger partial charge is 0.0662 e. The summed E-state index contributed by atoms with van der Waals surface area (Å²) in [7, 11) is 3.25. The van der Waals surface area contributed by atoms with E-state index in [1.54, 1.807) is 14.2 Å². The predicted molar refractivity (Wildman–Crippen MR) is 106 cm³/mol. The van der Waals surface area contributed by atoms with Crippen molar-refractivity contribution in [1.29, 1.82) is 0 Å². The third-order valence-electron chi connectivity index (χ3n) is 0.1000. The molecule has 0 saturated heterocycles. The van der Waals surface area contributed by atoms with Crippen molar-refractivity contribution in [1.82, 2.24) is 0 Å². The molecule has 0 aliphatic carbocycles. The standard InChI is InChI=1S/C2H6O2.C2H6O.7C2H4/c3-1-2-4;1-3-2;7*1-2/h3-4H,1-2H2;1-2H3;7*1-2H2. The molecular weight excluding hydrogens is 264 g/mol. The van der Waals surface area contributed by atoms with Crippen LogP contribution in [0.4, 0.5) is 0 Å². The fraction of sp³-hybridized carbons (Fsp3) is 0.222. The molecule has 0 bridgehead atoms. The molecule has 0 rings (SSSR count). The van der Waals surface area contributed by atoms with Gasteiger partial charge < -0.3 is 14.9 Å². The van der Waals surface area contributed by atoms with Gasteiger partial charge in [-0.25, -0.2) is 0 Å². The molecule has 0 heterocycles. The molecule has 130 valence electrons. The highest BCUT2D eigenvalue weighted by atomic mass is 16.4. The lowest BCUT2D eigenvalue weighted by molar-refractivity contribution is 0.186. The highest BCUT2D eigenvalue weighted by molar-refractivity contribution is 4.23. The van der Waals surface area contributed by atoms with Gasteiger partial charge in [0.05, 0.1) is 13.2 Å². The van der Waals surface area contributed by atoms with E-state index in [1.165, 1.54) is 0 Å². The Balaban J connectivity index is -0.0000000112. The number of aliphatic hydroxyl groups excluding tert-OH is 2. The summed E-state index contributed by atoms with van der Waals surface area (Å²) in [6.07, 6.45) is 0. The largest absolute Gasteiger partial charge is 0.394 e. The van der Waals surface area contributed by atoms with E-state index in [4.69, 9.17) is 10.2 Å². The fourth-order valence-corrected chi connectivity index (χ4v) is 0. The molecule has 0 unspecified atom stereocenters. The molecule has 3 nitrogen and oxygen atoms in total. The molecule has 0 aromatic rings. The number of hydrogen-bond donors (Lipinski definition) is 2. The third-order valence-corrected chi connectivity index (χ3v) is 0.1000. The van der Waals surface area contributed by atoms with Crippen molar-refractivity contribution in [2.24, 2.45) is 0 Å². The Morgan fingerprint density at radius 1 is 0.476 bits per heavy atom. The van der Waals surface area contributed by atoms with Gasteiger partial charge in [-0.2, -0.15) is 0 Å². The SMILES string of the molecule is C=C.C=C.C=C.C=C.C=C.C=C.C=C.COC.OCCO. The number of hydrogen-bond acceptors (Lipinski definition) is 3. The maximum atomic E-state index is 7.62. The summed E-state index contributed by atoms with van der Waals surface area (Å²) >= 11 is 0. The first-order chi connectivity index (χ1) is 10.3. The third kappa shape index (κ3) is 5270. The second-order valence-corrected chi connectivity index (χ2v) is 0.855. The zero-order valence-electron chi connectivity index (χ0n) is 14.6. The van der Waals surface area contributed by atoms with Gasteiger partial charge in [0.15, 0.2) is 0 Å². The quantitative estimate of drug-likeness (QED) is 0.681. The zero-order chi connectivity index (χ0) is 20.1. The van der Waals surface area contributed by atoms with Crippen molar-refractivity contribution < 1.29 is 14.9 Å². The lowest BCUT2D eigenvalue weighted by atomic mass is 10.8. The molecule has 2 N–H and O–H groups in total. The van der Waals surface area contributed by atoms with E-state index in [9.17, 15) is 0 Å². The Hall–Kier alpha value is -1.94. The topological polar surface area (TPSA) is 49.7 Å². The molecule has 0 amide bonds. The van der Waals surface area contributed by atoms with Gasteiger partial charge in [-0.3, -0.25) is 0 Å². The number of rotatable bonds is 1. The van der Waals surface area contributed by atoms with Gasteiger partial charge in [-0.1, -0.05) is 0 Å². The van der Waals surface area contributed by atoms with Crippen LogP contribution < -0.4 is 0 Å². The second-order valence-electron chi connectivity index (χ2n) is 0.855. The van der Waals surface area contributed by atoms with Crippen LogP contribution >= 0.6 is 0 Å². The molecule has 3 heteroatoms. The normalized spacial score (nSPS) is 3.62. The van der Waals surface area contributed by atoms with Crippen LogP contribution in [0.25, 0.3) is 0 Å². The van der Waals surface area contributed by atoms with E-state index in [-0.39, 0.29) is 13.2 Å². The van der Waals surface area contributed by atoms with Crippen LogP contribution in [0.2, 0.25) is 0 Å². The van der Waals surface area contributed by atoms with E-state index in [2.05, 4.69) is 96.8 Å². The predicted octanol–water partition coefficient (Wildman–Crippen LogP) is 4.85. The summed E-state index contributed by atoms with van der Waals surface area (Å²) < 4.78 is 4.25. The zero-order valence-corrected chi connectivity index (χ0v) is 14.6. The van der Waals surface area contributed by atoms with Gasteiger partial charge in [0.25, 0.3) is 0 Å². The molecule has 0 aliphatic heterocycles. The summed E-state index contributed by atoms with van der Waals surface area (Å²) in [6.45, 7) is 41.8. The van der Waals surface area contributed by atoms with Crippen LogP contribution in [-0.2, 0) is 4.74 Å². The minimum absolute atomic E-state index is 0.125. The molecule has 0 spiro atoms. The summed E-state index contributed by atoms with van der Waals surface area (Å²) in [4.78, 5) is 0. The molecule has 0 aliphatic rings. The molecule has 0 aromatic carbocycles. The van der Waals surface area contributed by atoms with Crippen LogP contribution in [0, 0.1) is 0 Å². The number of ether oxygens (including phenoxy) is 1. The van der Waals surface area contributed by atoms with Gasteiger partial charge in [-0.05, 0) is 0 Å². The molecule has 0 fully saturated rings. The van der Waals surface area contributed by atoms with Crippen LogP contribution in [0.1, 0.15) is 0 Å². The van der Waals surface area contributed by atoms with E-state index in [1.807, 2.05) is 0 Å². The Morgan fingerprint density at radius 3 is 0.524 bits per heavy atom. The summed E-state index contributed by atoms with van der Waals surface area (Å²) in [5, 5.41) is 15.2. The fourth-order valence-electron chi connectivity index (χ4n) is 0. The van der Waals surface area contributed by atoms with Gasteiger partial charge >= 0.3 is 0 Å². The van der Waals surface area contributed by atoms with Crippen molar-refractivity contribution in [2.75, 3.05) is 27.4 Å². The molecule has 0 saturated carbocycles. The molecule has 0 radical (unpaired) electrons. The van der Waals surface area contributed by atoms with Crippen LogP contribution in [0.3, 0.4) is 0 Å². The highest BCUT2D eigenvalue weighted by Gasteiger charge is 1.58. The Bertz CT molecular complexity index is 57.2. The minimum atomic E-state index is -0.125. The average molecular weight is 305 g/mol. The lowest BCUT2D eigenvalue weighted by Crippen LogP contribution is -1.85. The van der Waals surface area contributed by atoms with Crippen molar-refractivity contribution in [3.63, 3.8) is 0 Å². The molecule has 0 aromatic heterocycles. The van der Waals surface area contributed by atoms with E-state index >= 15 is 0 Å². The maximum Gasteiger partial charge on any atom is 0.0662 e. The van der Waals surface area contributed by atoms with E-state index < -0.39 is 0 Å². The van der Waals surface area contributed by atoms with Crippen LogP contribution in [0.5, 0.6) is 0 Å². The Labute approximate surface area is 135 Å². The highest BCUT2D eigenvalue weighted by Crippen LogP contribution is 1.39. The van der Waals surface area contributed by atoms with Gasteiger partial charge in [0, 0.05) is 14.2 Å². The minimum Gasteiger partial charge on any atom is -0.394 e. The molecular formula is C18H40O3. The van der Waals surface area contributed by atoms with Crippen molar-refractivity contribution in [3.05, 3.63) is 92.1 Å². The van der Waals surface area contributed by atoms with Crippen LogP contribution in [0.15, 0.2) is 92.1 Å². The number of aliphatic hydroxyl groups is 2. The number of methoxy groups -OCH3 is 1. The first-order valence-electron chi connectivity index (χ1n) is 5.45.